The van der Waals surface area contributed by atoms with Crippen molar-refractivity contribution in [3.8, 4) is 23.7 Å². The third-order valence-corrected chi connectivity index (χ3v) is 1.72. The zero-order valence-corrected chi connectivity index (χ0v) is 8.53. The zero-order chi connectivity index (χ0) is 10.8. The summed E-state index contributed by atoms with van der Waals surface area (Å²) in [6, 6.07) is 5.60. The first-order valence-corrected chi connectivity index (χ1v) is 4.94. The molecule has 0 aromatic carbocycles. The topological polar surface area (TPSA) is 33.1 Å². The minimum absolute atomic E-state index is 0.237. The number of hydrogen-bond acceptors (Lipinski definition) is 2. The molecule has 1 heterocycles. The van der Waals surface area contributed by atoms with Crippen molar-refractivity contribution in [1.29, 1.82) is 0 Å². The van der Waals surface area contributed by atoms with Crippen LogP contribution in [0.25, 0.3) is 0 Å². The fourth-order valence-electron chi connectivity index (χ4n) is 0.964. The Bertz CT molecular complexity index is 389. The van der Waals surface area contributed by atoms with E-state index in [0.29, 0.717) is 0 Å². The normalized spacial score (nSPS) is 8.33. The first-order valence-electron chi connectivity index (χ1n) is 4.94. The summed E-state index contributed by atoms with van der Waals surface area (Å²) >= 11 is 0. The van der Waals surface area contributed by atoms with E-state index in [1.165, 1.54) is 0 Å². The molecule has 0 spiro atoms. The lowest BCUT2D eigenvalue weighted by atomic mass is 10.2. The van der Waals surface area contributed by atoms with Gasteiger partial charge in [-0.1, -0.05) is 12.0 Å². The van der Waals surface area contributed by atoms with E-state index in [-0.39, 0.29) is 6.61 Å². The predicted molar refractivity (Wildman–Crippen MR) is 59.8 cm³/mol. The molecule has 0 aliphatic rings. The highest BCUT2D eigenvalue weighted by molar-refractivity contribution is 5.35. The maximum absolute atomic E-state index is 8.53. The lowest BCUT2D eigenvalue weighted by Crippen LogP contribution is -1.80. The number of unbranched alkanes of at least 4 members (excludes halogenated alkanes) is 2. The number of pyridine rings is 1. The van der Waals surface area contributed by atoms with E-state index in [0.717, 1.165) is 25.0 Å². The summed E-state index contributed by atoms with van der Waals surface area (Å²) in [5, 5.41) is 8.53. The quantitative estimate of drug-likeness (QED) is 0.592. The van der Waals surface area contributed by atoms with Gasteiger partial charge in [-0.05, 0) is 42.7 Å². The van der Waals surface area contributed by atoms with E-state index >= 15 is 0 Å². The molecule has 0 aliphatic heterocycles. The van der Waals surface area contributed by atoms with Crippen LogP contribution in [0.4, 0.5) is 0 Å². The van der Waals surface area contributed by atoms with Gasteiger partial charge >= 0.3 is 0 Å². The maximum atomic E-state index is 8.53. The van der Waals surface area contributed by atoms with E-state index in [1.807, 2.05) is 18.2 Å². The molecule has 2 heteroatoms. The number of aliphatic hydroxyl groups is 1. The Morgan fingerprint density at radius 3 is 2.87 bits per heavy atom. The van der Waals surface area contributed by atoms with Crippen LogP contribution in [-0.2, 0) is 0 Å². The van der Waals surface area contributed by atoms with Crippen molar-refractivity contribution in [3.05, 3.63) is 30.1 Å². The molecule has 76 valence electrons. The van der Waals surface area contributed by atoms with Gasteiger partial charge in [0.25, 0.3) is 0 Å². The minimum atomic E-state index is 0.237. The highest BCUT2D eigenvalue weighted by atomic mass is 16.2. The summed E-state index contributed by atoms with van der Waals surface area (Å²) < 4.78 is 0. The van der Waals surface area contributed by atoms with Gasteiger partial charge in [-0.25, -0.2) is 4.98 Å². The van der Waals surface area contributed by atoms with Crippen molar-refractivity contribution in [3.63, 3.8) is 0 Å². The number of hydrogen-bond donors (Lipinski definition) is 1. The summed E-state index contributed by atoms with van der Waals surface area (Å²) in [5.74, 6) is 11.3. The Morgan fingerprint density at radius 2 is 2.13 bits per heavy atom. The fourth-order valence-corrected chi connectivity index (χ4v) is 0.964. The number of nitrogens with zero attached hydrogens (tertiary/aromatic N) is 1. The van der Waals surface area contributed by atoms with Crippen molar-refractivity contribution in [2.75, 3.05) is 6.61 Å². The van der Waals surface area contributed by atoms with Crippen LogP contribution >= 0.6 is 0 Å². The molecule has 1 N–H and O–H groups in total. The van der Waals surface area contributed by atoms with Crippen LogP contribution in [0.15, 0.2) is 24.4 Å². The van der Waals surface area contributed by atoms with E-state index < -0.39 is 0 Å². The Morgan fingerprint density at radius 1 is 1.20 bits per heavy atom. The molecule has 0 saturated carbocycles. The van der Waals surface area contributed by atoms with E-state index in [4.69, 9.17) is 5.11 Å². The Kier molecular flexibility index (Phi) is 5.74. The van der Waals surface area contributed by atoms with Crippen molar-refractivity contribution in [2.24, 2.45) is 0 Å². The summed E-state index contributed by atoms with van der Waals surface area (Å²) in [4.78, 5) is 4.05. The van der Waals surface area contributed by atoms with E-state index in [2.05, 4.69) is 28.7 Å². The van der Waals surface area contributed by atoms with Crippen LogP contribution in [0.2, 0.25) is 0 Å². The van der Waals surface area contributed by atoms with Crippen LogP contribution < -0.4 is 0 Å². The van der Waals surface area contributed by atoms with Crippen LogP contribution in [0.3, 0.4) is 0 Å². The minimum Gasteiger partial charge on any atom is -0.396 e. The lowest BCUT2D eigenvalue weighted by molar-refractivity contribution is 0.285. The Hall–Kier alpha value is -1.77. The van der Waals surface area contributed by atoms with Crippen LogP contribution in [0, 0.1) is 23.7 Å². The second-order valence-corrected chi connectivity index (χ2v) is 2.95. The summed E-state index contributed by atoms with van der Waals surface area (Å²) in [7, 11) is 0. The van der Waals surface area contributed by atoms with Crippen LogP contribution in [-0.4, -0.2) is 16.7 Å². The second-order valence-electron chi connectivity index (χ2n) is 2.95. The third kappa shape index (κ3) is 5.52. The monoisotopic (exact) mass is 199 g/mol. The van der Waals surface area contributed by atoms with Gasteiger partial charge in [0.05, 0.1) is 0 Å². The van der Waals surface area contributed by atoms with Gasteiger partial charge in [0.15, 0.2) is 0 Å². The molecule has 0 unspecified atom stereocenters. The summed E-state index contributed by atoms with van der Waals surface area (Å²) in [5.41, 5.74) is 0.738. The lowest BCUT2D eigenvalue weighted by Gasteiger charge is -1.86. The zero-order valence-electron chi connectivity index (χ0n) is 8.53. The van der Waals surface area contributed by atoms with Crippen molar-refractivity contribution in [1.82, 2.24) is 4.98 Å². The van der Waals surface area contributed by atoms with Crippen molar-refractivity contribution < 1.29 is 5.11 Å². The smallest absolute Gasteiger partial charge is 0.114 e. The molecule has 0 aliphatic carbocycles. The summed E-state index contributed by atoms with van der Waals surface area (Å²) in [6.45, 7) is 0.237. The molecule has 0 saturated heterocycles. The highest BCUT2D eigenvalue weighted by Gasteiger charge is 1.81. The van der Waals surface area contributed by atoms with Gasteiger partial charge in [-0.15, -0.1) is 0 Å². The molecule has 2 nitrogen and oxygen atoms in total. The largest absolute Gasteiger partial charge is 0.396 e. The van der Waals surface area contributed by atoms with Crippen LogP contribution in [0.5, 0.6) is 0 Å². The Balaban J connectivity index is 2.33. The standard InChI is InChI=1S/C13H13NO/c15-12-8-4-2-1-3-5-9-13-10-6-7-11-14-13/h6-7,10-11,15H,2,4,8,12H2. The molecule has 1 aromatic heterocycles. The number of aromatic nitrogens is 1. The fraction of sp³-hybridized carbons (Fsp3) is 0.308. The molecule has 0 radical (unpaired) electrons. The molecule has 1 aromatic rings. The van der Waals surface area contributed by atoms with Crippen molar-refractivity contribution in [2.45, 2.75) is 19.3 Å². The van der Waals surface area contributed by atoms with Gasteiger partial charge in [0, 0.05) is 19.2 Å². The Labute approximate surface area is 90.4 Å². The first kappa shape index (κ1) is 11.3. The van der Waals surface area contributed by atoms with Gasteiger partial charge in [0.2, 0.25) is 0 Å². The molecular weight excluding hydrogens is 186 g/mol. The van der Waals surface area contributed by atoms with Crippen LogP contribution in [0.1, 0.15) is 25.0 Å². The SMILES string of the molecule is OCCCCC#CC#Cc1ccccn1. The molecule has 1 rings (SSSR count). The first-order chi connectivity index (χ1) is 7.43. The van der Waals surface area contributed by atoms with E-state index in [1.54, 1.807) is 6.20 Å². The highest BCUT2D eigenvalue weighted by Crippen LogP contribution is 1.91. The van der Waals surface area contributed by atoms with E-state index in [9.17, 15) is 0 Å². The van der Waals surface area contributed by atoms with Gasteiger partial charge in [-0.2, -0.15) is 0 Å². The molecular formula is C13H13NO. The van der Waals surface area contributed by atoms with Crippen molar-refractivity contribution >= 4 is 0 Å². The molecule has 0 amide bonds. The van der Waals surface area contributed by atoms with Gasteiger partial charge in [-0.3, -0.25) is 0 Å². The number of aliphatic hydroxyl groups excluding tert-OH is 1. The predicted octanol–water partition coefficient (Wildman–Crippen LogP) is 1.60. The molecule has 0 fully saturated rings. The maximum Gasteiger partial charge on any atom is 0.114 e. The molecule has 0 atom stereocenters. The third-order valence-electron chi connectivity index (χ3n) is 1.72. The second kappa shape index (κ2) is 7.62. The summed E-state index contributed by atoms with van der Waals surface area (Å²) in [6.07, 6.45) is 4.23. The molecule has 0 bridgehead atoms. The average Bonchev–Trinajstić information content (AvgIpc) is 2.29. The number of rotatable bonds is 3. The average molecular weight is 199 g/mol. The van der Waals surface area contributed by atoms with Gasteiger partial charge in [0.1, 0.15) is 5.69 Å². The molecule has 15 heavy (non-hydrogen) atoms. The van der Waals surface area contributed by atoms with Gasteiger partial charge < -0.3 is 5.11 Å².